The van der Waals surface area contributed by atoms with Crippen molar-refractivity contribution in [1.29, 1.82) is 0 Å². The van der Waals surface area contributed by atoms with Gasteiger partial charge < -0.3 is 11.5 Å². The van der Waals surface area contributed by atoms with Crippen LogP contribution in [-0.2, 0) is 0 Å². The Labute approximate surface area is 86.4 Å². The van der Waals surface area contributed by atoms with Crippen molar-refractivity contribution in [2.24, 2.45) is 5.73 Å². The molecule has 78 valence electrons. The van der Waals surface area contributed by atoms with Gasteiger partial charge in [-0.3, -0.25) is 15.1 Å². The summed E-state index contributed by atoms with van der Waals surface area (Å²) in [5.74, 6) is 5.43. The van der Waals surface area contributed by atoms with Crippen molar-refractivity contribution in [3.63, 3.8) is 0 Å². The van der Waals surface area contributed by atoms with E-state index in [0.717, 1.165) is 6.20 Å². The highest BCUT2D eigenvalue weighted by molar-refractivity contribution is 5.66. The largest absolute Gasteiger partial charge is 0.392 e. The third-order valence-corrected chi connectivity index (χ3v) is 1.66. The first-order valence-electron chi connectivity index (χ1n) is 4.23. The number of nitrogen functional groups attached to an aromatic ring is 1. The maximum Gasteiger partial charge on any atom is 0.311 e. The number of hydrogen-bond acceptors (Lipinski definition) is 5. The zero-order valence-electron chi connectivity index (χ0n) is 7.93. The number of aromatic nitrogens is 1. The van der Waals surface area contributed by atoms with E-state index in [2.05, 4.69) is 16.8 Å². The van der Waals surface area contributed by atoms with Crippen LogP contribution in [-0.4, -0.2) is 16.5 Å². The van der Waals surface area contributed by atoms with Crippen molar-refractivity contribution in [3.8, 4) is 11.8 Å². The van der Waals surface area contributed by atoms with Gasteiger partial charge in [0.05, 0.1) is 10.5 Å². The number of nitrogens with two attached hydrogens (primary N) is 2. The van der Waals surface area contributed by atoms with Gasteiger partial charge >= 0.3 is 5.69 Å². The smallest absolute Gasteiger partial charge is 0.311 e. The second-order valence-electron chi connectivity index (χ2n) is 2.72. The highest BCUT2D eigenvalue weighted by atomic mass is 16.6. The molecule has 1 aromatic rings. The molecule has 4 N–H and O–H groups in total. The van der Waals surface area contributed by atoms with Gasteiger partial charge in [0.25, 0.3) is 0 Å². The molecule has 0 bridgehead atoms. The zero-order valence-corrected chi connectivity index (χ0v) is 7.93. The van der Waals surface area contributed by atoms with Crippen LogP contribution < -0.4 is 11.5 Å². The normalized spacial score (nSPS) is 9.13. The molecule has 0 amide bonds. The molecular formula is C9H10N4O2. The summed E-state index contributed by atoms with van der Waals surface area (Å²) < 4.78 is 0. The fourth-order valence-electron chi connectivity index (χ4n) is 0.934. The van der Waals surface area contributed by atoms with Crippen molar-refractivity contribution in [2.45, 2.75) is 6.42 Å². The molecule has 1 aromatic heterocycles. The van der Waals surface area contributed by atoms with E-state index in [1.807, 2.05) is 0 Å². The number of hydrogen-bond donors (Lipinski definition) is 2. The monoisotopic (exact) mass is 206 g/mol. The van der Waals surface area contributed by atoms with E-state index in [9.17, 15) is 10.1 Å². The van der Waals surface area contributed by atoms with Crippen molar-refractivity contribution in [2.75, 3.05) is 12.3 Å². The predicted octanol–water partition coefficient (Wildman–Crippen LogP) is 0.272. The molecule has 15 heavy (non-hydrogen) atoms. The molecule has 0 saturated heterocycles. The van der Waals surface area contributed by atoms with Crippen molar-refractivity contribution >= 4 is 11.4 Å². The topological polar surface area (TPSA) is 108 Å². The van der Waals surface area contributed by atoms with Crippen LogP contribution in [0.5, 0.6) is 0 Å². The summed E-state index contributed by atoms with van der Waals surface area (Å²) in [7, 11) is 0. The van der Waals surface area contributed by atoms with Gasteiger partial charge in [0.15, 0.2) is 0 Å². The quantitative estimate of drug-likeness (QED) is 0.410. The van der Waals surface area contributed by atoms with Gasteiger partial charge in [0, 0.05) is 19.2 Å². The minimum Gasteiger partial charge on any atom is -0.392 e. The average Bonchev–Trinajstić information content (AvgIpc) is 2.20. The molecule has 0 radical (unpaired) electrons. The Morgan fingerprint density at radius 2 is 2.27 bits per heavy atom. The maximum absolute atomic E-state index is 10.5. The van der Waals surface area contributed by atoms with Crippen molar-refractivity contribution < 1.29 is 4.92 Å². The van der Waals surface area contributed by atoms with Gasteiger partial charge in [0.2, 0.25) is 0 Å². The van der Waals surface area contributed by atoms with Gasteiger partial charge in [-0.05, 0) is 0 Å². The lowest BCUT2D eigenvalue weighted by atomic mass is 10.2. The number of anilines is 1. The van der Waals surface area contributed by atoms with Gasteiger partial charge in [0.1, 0.15) is 11.9 Å². The van der Waals surface area contributed by atoms with Crippen LogP contribution in [0.4, 0.5) is 11.4 Å². The molecule has 6 nitrogen and oxygen atoms in total. The van der Waals surface area contributed by atoms with E-state index in [1.54, 1.807) is 0 Å². The lowest BCUT2D eigenvalue weighted by Crippen LogP contribution is -1.99. The first-order valence-corrected chi connectivity index (χ1v) is 4.23. The van der Waals surface area contributed by atoms with Crippen LogP contribution >= 0.6 is 0 Å². The molecule has 0 spiro atoms. The Morgan fingerprint density at radius 3 is 2.87 bits per heavy atom. The molecule has 0 atom stereocenters. The van der Waals surface area contributed by atoms with Crippen LogP contribution in [0, 0.1) is 22.0 Å². The number of pyridine rings is 1. The summed E-state index contributed by atoms with van der Waals surface area (Å²) in [4.78, 5) is 13.6. The van der Waals surface area contributed by atoms with E-state index in [4.69, 9.17) is 11.5 Å². The van der Waals surface area contributed by atoms with Crippen LogP contribution in [0.3, 0.4) is 0 Å². The second kappa shape index (κ2) is 4.93. The summed E-state index contributed by atoms with van der Waals surface area (Å²) in [6.07, 6.45) is 3.01. The van der Waals surface area contributed by atoms with Gasteiger partial charge in [-0.25, -0.2) is 0 Å². The highest BCUT2D eigenvalue weighted by Crippen LogP contribution is 2.22. The zero-order chi connectivity index (χ0) is 11.3. The minimum atomic E-state index is -0.587. The number of nitrogens with zero attached hydrogens (tertiary/aromatic N) is 2. The van der Waals surface area contributed by atoms with Crippen LogP contribution in [0.1, 0.15) is 12.0 Å². The van der Waals surface area contributed by atoms with Crippen molar-refractivity contribution in [1.82, 2.24) is 4.98 Å². The van der Waals surface area contributed by atoms with Crippen LogP contribution in [0.15, 0.2) is 12.4 Å². The molecule has 0 aliphatic heterocycles. The summed E-state index contributed by atoms with van der Waals surface area (Å²) >= 11 is 0. The van der Waals surface area contributed by atoms with Gasteiger partial charge in [-0.2, -0.15) is 0 Å². The first kappa shape index (κ1) is 10.9. The van der Waals surface area contributed by atoms with Crippen LogP contribution in [0.25, 0.3) is 0 Å². The van der Waals surface area contributed by atoms with E-state index in [0.29, 0.717) is 18.5 Å². The molecule has 6 heteroatoms. The van der Waals surface area contributed by atoms with E-state index in [1.165, 1.54) is 6.20 Å². The SMILES string of the molecule is NCCC#Cc1cncc([N+](=O)[O-])c1N. The van der Waals surface area contributed by atoms with Crippen molar-refractivity contribution in [3.05, 3.63) is 28.1 Å². The predicted molar refractivity (Wildman–Crippen MR) is 55.9 cm³/mol. The minimum absolute atomic E-state index is 0.0412. The summed E-state index contributed by atoms with van der Waals surface area (Å²) in [5, 5.41) is 10.5. The third kappa shape index (κ3) is 2.65. The maximum atomic E-state index is 10.5. The van der Waals surface area contributed by atoms with Gasteiger partial charge in [-0.1, -0.05) is 11.8 Å². The molecule has 0 saturated carbocycles. The molecule has 0 aliphatic carbocycles. The highest BCUT2D eigenvalue weighted by Gasteiger charge is 2.13. The number of nitro groups is 1. The Bertz CT molecular complexity index is 433. The standard InChI is InChI=1S/C9H10N4O2/c10-4-2-1-3-7-5-12-6-8(9(7)11)13(14)15/h5-6H,2,4,10H2,(H2,11,12). The Kier molecular flexibility index (Phi) is 3.60. The molecule has 1 heterocycles. The summed E-state index contributed by atoms with van der Waals surface area (Å²) in [5.41, 5.74) is 11.0. The fourth-order valence-corrected chi connectivity index (χ4v) is 0.934. The lowest BCUT2D eigenvalue weighted by molar-refractivity contribution is -0.384. The molecule has 1 rings (SSSR count). The van der Waals surface area contributed by atoms with E-state index < -0.39 is 4.92 Å². The van der Waals surface area contributed by atoms with Crippen LogP contribution in [0.2, 0.25) is 0 Å². The molecule has 0 unspecified atom stereocenters. The Morgan fingerprint density at radius 1 is 1.53 bits per heavy atom. The molecular weight excluding hydrogens is 196 g/mol. The fraction of sp³-hybridized carbons (Fsp3) is 0.222. The molecule has 0 fully saturated rings. The number of rotatable bonds is 2. The van der Waals surface area contributed by atoms with Gasteiger partial charge in [-0.15, -0.1) is 0 Å². The lowest BCUT2D eigenvalue weighted by Gasteiger charge is -1.97. The third-order valence-electron chi connectivity index (χ3n) is 1.66. The van der Waals surface area contributed by atoms with E-state index in [-0.39, 0.29) is 11.4 Å². The average molecular weight is 206 g/mol. The second-order valence-corrected chi connectivity index (χ2v) is 2.72. The Hall–Kier alpha value is -2.13. The molecule has 0 aliphatic rings. The summed E-state index contributed by atoms with van der Waals surface area (Å²) in [6.45, 7) is 0.440. The first-order chi connectivity index (χ1) is 7.16. The Balaban J connectivity index is 3.06. The van der Waals surface area contributed by atoms with E-state index >= 15 is 0 Å². The molecule has 0 aromatic carbocycles. The summed E-state index contributed by atoms with van der Waals surface area (Å²) in [6, 6.07) is 0.